The number of carbonyl (C=O) groups excluding carboxylic acids is 2. The Kier molecular flexibility index (Phi) is 7.29. The Morgan fingerprint density at radius 3 is 2.58 bits per heavy atom. The smallest absolute Gasteiger partial charge is 0.257 e. The maximum absolute atomic E-state index is 13.1. The Morgan fingerprint density at radius 1 is 1.16 bits per heavy atom. The van der Waals surface area contributed by atoms with E-state index in [1.54, 1.807) is 53.4 Å². The first-order chi connectivity index (χ1) is 14.8. The molecule has 1 aliphatic rings. The van der Waals surface area contributed by atoms with Crippen LogP contribution in [0, 0.1) is 12.8 Å². The number of nitrogens with two attached hydrogens (primary N) is 1. The number of carbonyl (C=O) groups is 2. The zero-order valence-electron chi connectivity index (χ0n) is 17.4. The number of likely N-dealkylation sites (tertiary alicyclic amines) is 1. The van der Waals surface area contributed by atoms with E-state index in [1.807, 2.05) is 6.92 Å². The first kappa shape index (κ1) is 22.8. The summed E-state index contributed by atoms with van der Waals surface area (Å²) < 4.78 is 33.1. The molecule has 0 spiro atoms. The van der Waals surface area contributed by atoms with Gasteiger partial charge in [0, 0.05) is 19.6 Å². The monoisotopic (exact) mass is 445 g/mol. The Bertz CT molecular complexity index is 1040. The number of sulfonamides is 1. The summed E-state index contributed by atoms with van der Waals surface area (Å²) in [4.78, 5) is 26.0. The number of aryl methyl sites for hydroxylation is 1. The van der Waals surface area contributed by atoms with Crippen LogP contribution < -0.4 is 15.2 Å². The first-order valence-electron chi connectivity index (χ1n) is 10.1. The van der Waals surface area contributed by atoms with E-state index in [-0.39, 0.29) is 29.9 Å². The van der Waals surface area contributed by atoms with Crippen LogP contribution in [0.4, 0.5) is 0 Å². The number of nitrogens with zero attached hydrogens (tertiary/aromatic N) is 1. The van der Waals surface area contributed by atoms with E-state index < -0.39 is 15.9 Å². The topological polar surface area (TPSA) is 119 Å². The molecule has 1 heterocycles. The third kappa shape index (κ3) is 6.05. The molecule has 1 atom stereocenters. The number of benzene rings is 2. The molecule has 0 radical (unpaired) electrons. The summed E-state index contributed by atoms with van der Waals surface area (Å²) in [6, 6.07) is 13.4. The van der Waals surface area contributed by atoms with E-state index in [4.69, 9.17) is 10.5 Å². The Balaban J connectivity index is 1.63. The van der Waals surface area contributed by atoms with Gasteiger partial charge in [-0.25, -0.2) is 13.1 Å². The number of ether oxygens (including phenoxy) is 1. The lowest BCUT2D eigenvalue weighted by Gasteiger charge is -2.33. The molecule has 3 N–H and O–H groups in total. The van der Waals surface area contributed by atoms with Crippen molar-refractivity contribution in [3.8, 4) is 5.75 Å². The van der Waals surface area contributed by atoms with Crippen LogP contribution in [-0.2, 0) is 14.8 Å². The lowest BCUT2D eigenvalue weighted by molar-refractivity contribution is -0.119. The zero-order chi connectivity index (χ0) is 22.4. The fourth-order valence-electron chi connectivity index (χ4n) is 3.53. The number of amides is 2. The van der Waals surface area contributed by atoms with E-state index in [1.165, 1.54) is 0 Å². The van der Waals surface area contributed by atoms with E-state index in [2.05, 4.69) is 4.72 Å². The summed E-state index contributed by atoms with van der Waals surface area (Å²) >= 11 is 0. The molecule has 3 rings (SSSR count). The predicted molar refractivity (Wildman–Crippen MR) is 116 cm³/mol. The van der Waals surface area contributed by atoms with Crippen LogP contribution in [0.3, 0.4) is 0 Å². The van der Waals surface area contributed by atoms with Gasteiger partial charge in [-0.2, -0.15) is 0 Å². The van der Waals surface area contributed by atoms with E-state index in [9.17, 15) is 18.0 Å². The lowest BCUT2D eigenvalue weighted by Crippen LogP contribution is -2.43. The molecule has 0 aromatic heterocycles. The summed E-state index contributed by atoms with van der Waals surface area (Å²) in [6.45, 7) is 2.84. The maximum Gasteiger partial charge on any atom is 0.257 e. The minimum Gasteiger partial charge on any atom is -0.483 e. The van der Waals surface area contributed by atoms with Crippen molar-refractivity contribution >= 4 is 21.8 Å². The van der Waals surface area contributed by atoms with Gasteiger partial charge in [0.25, 0.3) is 11.8 Å². The fraction of sp³-hybridized carbons (Fsp3) is 0.364. The molecule has 1 aliphatic heterocycles. The standard InChI is InChI=1S/C22H27N3O5S/c1-16-8-10-18(11-9-16)31(28,29)24-13-17-5-4-12-25(14-17)22(27)19-6-2-3-7-20(19)30-15-21(23)26/h2-3,6-11,17,24H,4-5,12-15H2,1H3,(H2,23,26). The van der Waals surface area contributed by atoms with Crippen LogP contribution in [0.25, 0.3) is 0 Å². The second kappa shape index (κ2) is 9.93. The van der Waals surface area contributed by atoms with Crippen molar-refractivity contribution in [1.82, 2.24) is 9.62 Å². The van der Waals surface area contributed by atoms with Gasteiger partial charge in [-0.3, -0.25) is 9.59 Å². The molecule has 2 aromatic rings. The van der Waals surface area contributed by atoms with Crippen molar-refractivity contribution in [1.29, 1.82) is 0 Å². The van der Waals surface area contributed by atoms with Gasteiger partial charge in [-0.05, 0) is 49.9 Å². The van der Waals surface area contributed by atoms with E-state index in [0.29, 0.717) is 24.4 Å². The minimum atomic E-state index is -3.61. The molecular weight excluding hydrogens is 418 g/mol. The molecule has 9 heteroatoms. The molecule has 2 aromatic carbocycles. The third-order valence-electron chi connectivity index (χ3n) is 5.19. The van der Waals surface area contributed by atoms with Crippen molar-refractivity contribution in [3.05, 3.63) is 59.7 Å². The van der Waals surface area contributed by atoms with Crippen LogP contribution in [-0.4, -0.2) is 51.4 Å². The fourth-order valence-corrected chi connectivity index (χ4v) is 4.65. The van der Waals surface area contributed by atoms with Crippen molar-refractivity contribution in [2.24, 2.45) is 11.7 Å². The van der Waals surface area contributed by atoms with Gasteiger partial charge in [-0.1, -0.05) is 29.8 Å². The number of piperidine rings is 1. The number of hydrogen-bond donors (Lipinski definition) is 2. The summed E-state index contributed by atoms with van der Waals surface area (Å²) in [7, 11) is -3.61. The summed E-state index contributed by atoms with van der Waals surface area (Å²) in [5, 5.41) is 0. The highest BCUT2D eigenvalue weighted by atomic mass is 32.2. The predicted octanol–water partition coefficient (Wildman–Crippen LogP) is 1.69. The van der Waals surface area contributed by atoms with E-state index >= 15 is 0 Å². The summed E-state index contributed by atoms with van der Waals surface area (Å²) in [6.07, 6.45) is 1.59. The van der Waals surface area contributed by atoms with Gasteiger partial charge < -0.3 is 15.4 Å². The number of rotatable bonds is 8. The highest BCUT2D eigenvalue weighted by Gasteiger charge is 2.27. The van der Waals surface area contributed by atoms with Gasteiger partial charge in [0.15, 0.2) is 6.61 Å². The summed E-state index contributed by atoms with van der Waals surface area (Å²) in [5.74, 6) is -0.544. The van der Waals surface area contributed by atoms with Gasteiger partial charge in [-0.15, -0.1) is 0 Å². The van der Waals surface area contributed by atoms with Crippen molar-refractivity contribution < 1.29 is 22.7 Å². The average Bonchev–Trinajstić information content (AvgIpc) is 2.76. The van der Waals surface area contributed by atoms with Gasteiger partial charge >= 0.3 is 0 Å². The summed E-state index contributed by atoms with van der Waals surface area (Å²) in [5.41, 5.74) is 6.47. The number of nitrogens with one attached hydrogen (secondary N) is 1. The third-order valence-corrected chi connectivity index (χ3v) is 6.63. The van der Waals surface area contributed by atoms with Crippen LogP contribution in [0.15, 0.2) is 53.4 Å². The molecular formula is C22H27N3O5S. The van der Waals surface area contributed by atoms with Gasteiger partial charge in [0.1, 0.15) is 5.75 Å². The molecule has 1 saturated heterocycles. The number of hydrogen-bond acceptors (Lipinski definition) is 5. The highest BCUT2D eigenvalue weighted by Crippen LogP contribution is 2.24. The molecule has 2 amide bonds. The van der Waals surface area contributed by atoms with Crippen molar-refractivity contribution in [3.63, 3.8) is 0 Å². The van der Waals surface area contributed by atoms with Crippen LogP contribution in [0.2, 0.25) is 0 Å². The minimum absolute atomic E-state index is 0.00313. The SMILES string of the molecule is Cc1ccc(S(=O)(=O)NCC2CCCN(C(=O)c3ccccc3OCC(N)=O)C2)cc1. The van der Waals surface area contributed by atoms with Crippen LogP contribution in [0.1, 0.15) is 28.8 Å². The average molecular weight is 446 g/mol. The van der Waals surface area contributed by atoms with Crippen molar-refractivity contribution in [2.45, 2.75) is 24.7 Å². The number of para-hydroxylation sites is 1. The molecule has 31 heavy (non-hydrogen) atoms. The second-order valence-electron chi connectivity index (χ2n) is 7.68. The quantitative estimate of drug-likeness (QED) is 0.641. The van der Waals surface area contributed by atoms with E-state index in [0.717, 1.165) is 18.4 Å². The molecule has 1 fully saturated rings. The molecule has 0 aliphatic carbocycles. The maximum atomic E-state index is 13.1. The highest BCUT2D eigenvalue weighted by molar-refractivity contribution is 7.89. The lowest BCUT2D eigenvalue weighted by atomic mass is 9.97. The van der Waals surface area contributed by atoms with Crippen molar-refractivity contribution in [2.75, 3.05) is 26.2 Å². The Hall–Kier alpha value is -2.91. The Labute approximate surface area is 182 Å². The normalized spacial score (nSPS) is 16.7. The molecule has 0 saturated carbocycles. The largest absolute Gasteiger partial charge is 0.483 e. The van der Waals surface area contributed by atoms with Gasteiger partial charge in [0.2, 0.25) is 10.0 Å². The molecule has 166 valence electrons. The van der Waals surface area contributed by atoms with Gasteiger partial charge in [0.05, 0.1) is 10.5 Å². The zero-order valence-corrected chi connectivity index (χ0v) is 18.2. The number of primary amides is 1. The van der Waals surface area contributed by atoms with Crippen LogP contribution >= 0.6 is 0 Å². The second-order valence-corrected chi connectivity index (χ2v) is 9.44. The van der Waals surface area contributed by atoms with Crippen LogP contribution in [0.5, 0.6) is 5.75 Å². The first-order valence-corrected chi connectivity index (χ1v) is 11.6. The Morgan fingerprint density at radius 2 is 1.87 bits per heavy atom. The molecule has 8 nitrogen and oxygen atoms in total. The molecule has 0 bridgehead atoms. The molecule has 1 unspecified atom stereocenters.